The first kappa shape index (κ1) is 13.1. The molecule has 0 bridgehead atoms. The van der Waals surface area contributed by atoms with Crippen molar-refractivity contribution in [2.75, 3.05) is 0 Å². The van der Waals surface area contributed by atoms with Crippen LogP contribution in [0.4, 0.5) is 0 Å². The molecule has 2 aromatic heterocycles. The summed E-state index contributed by atoms with van der Waals surface area (Å²) >= 11 is 6.30. The van der Waals surface area contributed by atoms with Gasteiger partial charge in [0.15, 0.2) is 0 Å². The lowest BCUT2D eigenvalue weighted by molar-refractivity contribution is 0.629. The molecule has 5 nitrogen and oxygen atoms in total. The molecule has 2 rings (SSSR count). The molecule has 0 saturated carbocycles. The van der Waals surface area contributed by atoms with Crippen LogP contribution in [0.5, 0.6) is 0 Å². The Bertz CT molecular complexity index is 543. The molecule has 0 aromatic carbocycles. The predicted octanol–water partition coefficient (Wildman–Crippen LogP) is 1.61. The van der Waals surface area contributed by atoms with Crippen molar-refractivity contribution in [3.05, 3.63) is 34.6 Å². The molecule has 1 atom stereocenters. The second-order valence-electron chi connectivity index (χ2n) is 4.46. The van der Waals surface area contributed by atoms with Crippen LogP contribution < -0.4 is 5.73 Å². The molecule has 0 fully saturated rings. The lowest BCUT2D eigenvalue weighted by Gasteiger charge is -2.09. The summed E-state index contributed by atoms with van der Waals surface area (Å²) in [6.45, 7) is 2.04. The Morgan fingerprint density at radius 2 is 2.17 bits per heavy atom. The van der Waals surface area contributed by atoms with Gasteiger partial charge in [-0.25, -0.2) is 4.98 Å². The van der Waals surface area contributed by atoms with E-state index in [4.69, 9.17) is 17.3 Å². The highest BCUT2D eigenvalue weighted by Gasteiger charge is 2.18. The number of halogens is 1. The number of hydrogen-bond donors (Lipinski definition) is 1. The smallest absolute Gasteiger partial charge is 0.0947 e. The number of hydrogen-bond acceptors (Lipinski definition) is 3. The van der Waals surface area contributed by atoms with Gasteiger partial charge in [0.25, 0.3) is 0 Å². The van der Waals surface area contributed by atoms with Crippen LogP contribution in [0.1, 0.15) is 30.0 Å². The predicted molar refractivity (Wildman–Crippen MR) is 71.4 cm³/mol. The number of nitrogens with two attached hydrogens (primary N) is 1. The van der Waals surface area contributed by atoms with E-state index in [0.717, 1.165) is 28.5 Å². The Hall–Kier alpha value is -1.33. The van der Waals surface area contributed by atoms with E-state index in [9.17, 15) is 0 Å². The zero-order chi connectivity index (χ0) is 13.3. The van der Waals surface area contributed by atoms with Crippen molar-refractivity contribution < 1.29 is 0 Å². The first-order valence-corrected chi connectivity index (χ1v) is 6.34. The zero-order valence-electron chi connectivity index (χ0n) is 10.9. The molecule has 6 heteroatoms. The molecular formula is C12H18ClN5. The van der Waals surface area contributed by atoms with Gasteiger partial charge in [-0.3, -0.25) is 4.68 Å². The van der Waals surface area contributed by atoms with E-state index < -0.39 is 0 Å². The molecule has 0 spiro atoms. The van der Waals surface area contributed by atoms with E-state index >= 15 is 0 Å². The number of aryl methyl sites for hydroxylation is 3. The fourth-order valence-corrected chi connectivity index (χ4v) is 2.35. The average Bonchev–Trinajstić information content (AvgIpc) is 2.87. The van der Waals surface area contributed by atoms with Crippen molar-refractivity contribution in [2.24, 2.45) is 19.8 Å². The normalized spacial score (nSPS) is 12.9. The minimum absolute atomic E-state index is 0.163. The van der Waals surface area contributed by atoms with Gasteiger partial charge in [0.2, 0.25) is 0 Å². The minimum atomic E-state index is -0.163. The van der Waals surface area contributed by atoms with Gasteiger partial charge in [-0.1, -0.05) is 18.5 Å². The minimum Gasteiger partial charge on any atom is -0.340 e. The summed E-state index contributed by atoms with van der Waals surface area (Å²) in [6, 6.07) is -0.163. The summed E-state index contributed by atoms with van der Waals surface area (Å²) in [5.74, 6) is 0. The summed E-state index contributed by atoms with van der Waals surface area (Å²) in [5.41, 5.74) is 8.90. The number of aromatic nitrogens is 4. The van der Waals surface area contributed by atoms with Crippen LogP contribution in [0.2, 0.25) is 5.02 Å². The average molecular weight is 268 g/mol. The van der Waals surface area contributed by atoms with Gasteiger partial charge in [-0.05, 0) is 6.42 Å². The van der Waals surface area contributed by atoms with Crippen LogP contribution in [0.25, 0.3) is 0 Å². The highest BCUT2D eigenvalue weighted by molar-refractivity contribution is 6.31. The van der Waals surface area contributed by atoms with Crippen LogP contribution >= 0.6 is 11.6 Å². The van der Waals surface area contributed by atoms with Crippen molar-refractivity contribution in [1.29, 1.82) is 0 Å². The van der Waals surface area contributed by atoms with Gasteiger partial charge in [-0.15, -0.1) is 0 Å². The maximum atomic E-state index is 6.30. The number of rotatable bonds is 4. The van der Waals surface area contributed by atoms with Gasteiger partial charge in [0.05, 0.1) is 34.5 Å². The number of nitrogens with zero attached hydrogens (tertiary/aromatic N) is 4. The lowest BCUT2D eigenvalue weighted by atomic mass is 10.1. The van der Waals surface area contributed by atoms with Crippen LogP contribution in [0.15, 0.2) is 12.5 Å². The summed E-state index contributed by atoms with van der Waals surface area (Å²) in [5, 5.41) is 5.11. The molecule has 1 unspecified atom stereocenters. The molecule has 0 aliphatic carbocycles. The van der Waals surface area contributed by atoms with Crippen LogP contribution in [-0.4, -0.2) is 19.3 Å². The summed E-state index contributed by atoms with van der Waals surface area (Å²) in [4.78, 5) is 4.26. The standard InChI is InChI=1S/C12H18ClN5/c1-4-9-12(13)11(18(3)16-9)5-8(14)10-6-17(2)7-15-10/h6-8H,4-5,14H2,1-3H3. The van der Waals surface area contributed by atoms with Crippen LogP contribution in [0, 0.1) is 0 Å². The van der Waals surface area contributed by atoms with Gasteiger partial charge in [0, 0.05) is 26.7 Å². The second kappa shape index (κ2) is 5.12. The Labute approximate surface area is 112 Å². The third-order valence-corrected chi connectivity index (χ3v) is 3.46. The summed E-state index contributed by atoms with van der Waals surface area (Å²) in [6.07, 6.45) is 5.14. The molecule has 2 heterocycles. The van der Waals surface area contributed by atoms with Crippen molar-refractivity contribution >= 4 is 11.6 Å². The quantitative estimate of drug-likeness (QED) is 0.916. The molecule has 0 saturated heterocycles. The number of imidazole rings is 1. The molecule has 0 radical (unpaired) electrons. The Balaban J connectivity index is 2.21. The first-order valence-electron chi connectivity index (χ1n) is 5.96. The SMILES string of the molecule is CCc1nn(C)c(CC(N)c2cn(C)cn2)c1Cl. The Morgan fingerprint density at radius 1 is 1.44 bits per heavy atom. The third kappa shape index (κ3) is 2.42. The maximum absolute atomic E-state index is 6.30. The van der Waals surface area contributed by atoms with Crippen molar-refractivity contribution in [3.8, 4) is 0 Å². The first-order chi connectivity index (χ1) is 8.52. The molecule has 18 heavy (non-hydrogen) atoms. The molecular weight excluding hydrogens is 250 g/mol. The van der Waals surface area contributed by atoms with Crippen molar-refractivity contribution in [3.63, 3.8) is 0 Å². The van der Waals surface area contributed by atoms with E-state index in [1.54, 1.807) is 6.33 Å². The van der Waals surface area contributed by atoms with E-state index in [-0.39, 0.29) is 6.04 Å². The molecule has 0 amide bonds. The van der Waals surface area contributed by atoms with E-state index in [1.165, 1.54) is 0 Å². The largest absolute Gasteiger partial charge is 0.340 e. The van der Waals surface area contributed by atoms with Crippen LogP contribution in [0.3, 0.4) is 0 Å². The highest BCUT2D eigenvalue weighted by atomic mass is 35.5. The van der Waals surface area contributed by atoms with Crippen LogP contribution in [-0.2, 0) is 26.9 Å². The Kier molecular flexibility index (Phi) is 3.73. The molecule has 2 N–H and O–H groups in total. The second-order valence-corrected chi connectivity index (χ2v) is 4.84. The van der Waals surface area contributed by atoms with Gasteiger partial charge >= 0.3 is 0 Å². The molecule has 0 aliphatic rings. The third-order valence-electron chi connectivity index (χ3n) is 3.02. The topological polar surface area (TPSA) is 61.7 Å². The van der Waals surface area contributed by atoms with E-state index in [0.29, 0.717) is 6.42 Å². The summed E-state index contributed by atoms with van der Waals surface area (Å²) < 4.78 is 3.70. The van der Waals surface area contributed by atoms with E-state index in [2.05, 4.69) is 10.1 Å². The lowest BCUT2D eigenvalue weighted by Crippen LogP contribution is -2.16. The fourth-order valence-electron chi connectivity index (χ4n) is 1.98. The molecule has 2 aromatic rings. The highest BCUT2D eigenvalue weighted by Crippen LogP contribution is 2.24. The van der Waals surface area contributed by atoms with Gasteiger partial charge in [-0.2, -0.15) is 5.10 Å². The monoisotopic (exact) mass is 267 g/mol. The molecule has 0 aliphatic heterocycles. The van der Waals surface area contributed by atoms with Gasteiger partial charge < -0.3 is 10.3 Å². The molecule has 98 valence electrons. The van der Waals surface area contributed by atoms with Crippen molar-refractivity contribution in [1.82, 2.24) is 19.3 Å². The Morgan fingerprint density at radius 3 is 2.67 bits per heavy atom. The van der Waals surface area contributed by atoms with Gasteiger partial charge in [0.1, 0.15) is 0 Å². The fraction of sp³-hybridized carbons (Fsp3) is 0.500. The maximum Gasteiger partial charge on any atom is 0.0947 e. The van der Waals surface area contributed by atoms with E-state index in [1.807, 2.05) is 36.5 Å². The summed E-state index contributed by atoms with van der Waals surface area (Å²) in [7, 11) is 3.82. The zero-order valence-corrected chi connectivity index (χ0v) is 11.6. The van der Waals surface area contributed by atoms with Crippen molar-refractivity contribution in [2.45, 2.75) is 25.8 Å².